The number of nitrogens with one attached hydrogen (secondary N) is 1. The maximum atomic E-state index is 12.0. The molecule has 5 heteroatoms. The van der Waals surface area contributed by atoms with Gasteiger partial charge in [-0.05, 0) is 49.2 Å². The summed E-state index contributed by atoms with van der Waals surface area (Å²) in [6.07, 6.45) is 0.898. The highest BCUT2D eigenvalue weighted by Gasteiger charge is 2.14. The lowest BCUT2D eigenvalue weighted by molar-refractivity contribution is -0.126. The summed E-state index contributed by atoms with van der Waals surface area (Å²) in [4.78, 5) is 17.2. The first kappa shape index (κ1) is 16.2. The van der Waals surface area contributed by atoms with E-state index in [-0.39, 0.29) is 5.91 Å². The van der Waals surface area contributed by atoms with Gasteiger partial charge in [-0.15, -0.1) is 0 Å². The van der Waals surface area contributed by atoms with Crippen molar-refractivity contribution in [2.24, 2.45) is 5.16 Å². The zero-order chi connectivity index (χ0) is 15.9. The lowest BCUT2D eigenvalue weighted by Crippen LogP contribution is -2.26. The number of carbonyl (C=O) groups excluding carboxylic acids is 1. The van der Waals surface area contributed by atoms with Crippen molar-refractivity contribution in [2.45, 2.75) is 20.0 Å². The van der Waals surface area contributed by atoms with Crippen molar-refractivity contribution in [1.29, 1.82) is 0 Å². The number of carbonyl (C=O) groups is 1. The molecule has 4 nitrogen and oxygen atoms in total. The minimum absolute atomic E-state index is 0.237. The molecule has 0 aromatic heterocycles. The van der Waals surface area contributed by atoms with Crippen molar-refractivity contribution >= 4 is 33.7 Å². The van der Waals surface area contributed by atoms with Crippen molar-refractivity contribution in [1.82, 2.24) is 0 Å². The number of hydrogen-bond acceptors (Lipinski definition) is 3. The molecule has 2 aromatic rings. The van der Waals surface area contributed by atoms with Crippen LogP contribution < -0.4 is 5.32 Å². The Bertz CT molecular complexity index is 669. The standard InChI is InChI=1S/C17H17BrN2O2/c1-12-4-3-5-16(10-12)20-17(21)13(2)22-19-11-14-6-8-15(18)9-7-14/h3-11,13H,1-2H3,(H,20,21)/b19-11-/t13-/m0/s1. The fourth-order valence-electron chi connectivity index (χ4n) is 1.75. The average Bonchev–Trinajstić information content (AvgIpc) is 2.49. The van der Waals surface area contributed by atoms with Crippen molar-refractivity contribution in [3.8, 4) is 0 Å². The molecule has 2 rings (SSSR count). The van der Waals surface area contributed by atoms with E-state index in [0.717, 1.165) is 21.3 Å². The molecule has 0 unspecified atom stereocenters. The summed E-state index contributed by atoms with van der Waals surface area (Å²) in [5.41, 5.74) is 2.73. The van der Waals surface area contributed by atoms with Crippen LogP contribution in [-0.2, 0) is 9.63 Å². The molecule has 0 aliphatic carbocycles. The fourth-order valence-corrected chi connectivity index (χ4v) is 2.01. The number of halogens is 1. The van der Waals surface area contributed by atoms with E-state index in [9.17, 15) is 4.79 Å². The van der Waals surface area contributed by atoms with Gasteiger partial charge in [0.05, 0.1) is 6.21 Å². The zero-order valence-corrected chi connectivity index (χ0v) is 14.0. The van der Waals surface area contributed by atoms with E-state index in [2.05, 4.69) is 26.4 Å². The van der Waals surface area contributed by atoms with Gasteiger partial charge in [0.25, 0.3) is 5.91 Å². The van der Waals surface area contributed by atoms with Crippen LogP contribution in [0.1, 0.15) is 18.1 Å². The topological polar surface area (TPSA) is 50.7 Å². The van der Waals surface area contributed by atoms with E-state index in [1.165, 1.54) is 0 Å². The predicted octanol–water partition coefficient (Wildman–Crippen LogP) is 4.14. The molecule has 0 fully saturated rings. The summed E-state index contributed by atoms with van der Waals surface area (Å²) >= 11 is 3.36. The van der Waals surface area contributed by atoms with Crippen LogP contribution in [0.4, 0.5) is 5.69 Å². The van der Waals surface area contributed by atoms with Crippen LogP contribution in [0.3, 0.4) is 0 Å². The third-order valence-corrected chi connectivity index (χ3v) is 3.47. The van der Waals surface area contributed by atoms with Gasteiger partial charge in [-0.1, -0.05) is 45.4 Å². The summed E-state index contributed by atoms with van der Waals surface area (Å²) < 4.78 is 0.997. The number of amides is 1. The van der Waals surface area contributed by atoms with Crippen LogP contribution in [0.5, 0.6) is 0 Å². The van der Waals surface area contributed by atoms with Crippen molar-refractivity contribution < 1.29 is 9.63 Å². The Morgan fingerprint density at radius 3 is 2.68 bits per heavy atom. The number of anilines is 1. The molecule has 0 bridgehead atoms. The van der Waals surface area contributed by atoms with Crippen molar-refractivity contribution in [2.75, 3.05) is 5.32 Å². The minimum atomic E-state index is -0.674. The second-order valence-electron chi connectivity index (χ2n) is 4.89. The molecule has 0 radical (unpaired) electrons. The highest BCUT2D eigenvalue weighted by Crippen LogP contribution is 2.11. The van der Waals surface area contributed by atoms with Crippen LogP contribution in [0.2, 0.25) is 0 Å². The molecule has 2 aromatic carbocycles. The molecular weight excluding hydrogens is 344 g/mol. The van der Waals surface area contributed by atoms with E-state index in [4.69, 9.17) is 4.84 Å². The first-order valence-corrected chi connectivity index (χ1v) is 7.66. The number of hydrogen-bond donors (Lipinski definition) is 1. The van der Waals surface area contributed by atoms with Gasteiger partial charge in [-0.3, -0.25) is 4.79 Å². The van der Waals surface area contributed by atoms with Crippen molar-refractivity contribution in [3.63, 3.8) is 0 Å². The normalized spacial score (nSPS) is 12.1. The SMILES string of the molecule is Cc1cccc(NC(=O)[C@H](C)O/N=C\c2ccc(Br)cc2)c1. The highest BCUT2D eigenvalue weighted by molar-refractivity contribution is 9.10. The summed E-state index contributed by atoms with van der Waals surface area (Å²) in [7, 11) is 0. The molecule has 22 heavy (non-hydrogen) atoms. The van der Waals surface area contributed by atoms with Crippen molar-refractivity contribution in [3.05, 3.63) is 64.1 Å². The maximum Gasteiger partial charge on any atom is 0.267 e. The molecule has 0 heterocycles. The second kappa shape index (κ2) is 7.75. The molecule has 1 amide bonds. The third-order valence-electron chi connectivity index (χ3n) is 2.95. The zero-order valence-electron chi connectivity index (χ0n) is 12.4. The van der Waals surface area contributed by atoms with Crippen LogP contribution in [0.25, 0.3) is 0 Å². The van der Waals surface area contributed by atoms with E-state index >= 15 is 0 Å². The van der Waals surface area contributed by atoms with E-state index in [0.29, 0.717) is 0 Å². The Hall–Kier alpha value is -2.14. The summed E-state index contributed by atoms with van der Waals surface area (Å²) in [5.74, 6) is -0.237. The molecule has 1 atom stereocenters. The van der Waals surface area contributed by atoms with Crippen LogP contribution in [0.15, 0.2) is 58.2 Å². The Kier molecular flexibility index (Phi) is 5.72. The molecule has 0 aliphatic rings. The molecule has 114 valence electrons. The van der Waals surface area contributed by atoms with E-state index < -0.39 is 6.10 Å². The van der Waals surface area contributed by atoms with Gasteiger partial charge in [0, 0.05) is 10.2 Å². The van der Waals surface area contributed by atoms with E-state index in [1.54, 1.807) is 13.1 Å². The van der Waals surface area contributed by atoms with Gasteiger partial charge in [0.1, 0.15) is 0 Å². The number of benzene rings is 2. The summed E-state index contributed by atoms with van der Waals surface area (Å²) in [6, 6.07) is 15.2. The quantitative estimate of drug-likeness (QED) is 0.643. The van der Waals surface area contributed by atoms with Crippen LogP contribution in [-0.4, -0.2) is 18.2 Å². The monoisotopic (exact) mass is 360 g/mol. The molecule has 0 spiro atoms. The van der Waals surface area contributed by atoms with Crippen LogP contribution >= 0.6 is 15.9 Å². The summed E-state index contributed by atoms with van der Waals surface area (Å²) in [5, 5.41) is 6.64. The number of oxime groups is 1. The largest absolute Gasteiger partial charge is 0.383 e. The highest BCUT2D eigenvalue weighted by atomic mass is 79.9. The summed E-state index contributed by atoms with van der Waals surface area (Å²) in [6.45, 7) is 3.63. The fraction of sp³-hybridized carbons (Fsp3) is 0.176. The Morgan fingerprint density at radius 2 is 2.00 bits per heavy atom. The molecule has 0 aliphatic heterocycles. The Labute approximate surface area is 138 Å². The van der Waals surface area contributed by atoms with Gasteiger partial charge in [-0.2, -0.15) is 0 Å². The number of aryl methyl sites for hydroxylation is 1. The second-order valence-corrected chi connectivity index (χ2v) is 5.81. The first-order valence-electron chi connectivity index (χ1n) is 6.87. The number of nitrogens with zero attached hydrogens (tertiary/aromatic N) is 1. The molecular formula is C17H17BrN2O2. The van der Waals surface area contributed by atoms with Gasteiger partial charge in [-0.25, -0.2) is 0 Å². The average molecular weight is 361 g/mol. The molecule has 0 saturated carbocycles. The number of rotatable bonds is 5. The lowest BCUT2D eigenvalue weighted by atomic mass is 10.2. The third kappa shape index (κ3) is 5.00. The maximum absolute atomic E-state index is 12.0. The predicted molar refractivity (Wildman–Crippen MR) is 92.1 cm³/mol. The lowest BCUT2D eigenvalue weighted by Gasteiger charge is -2.10. The minimum Gasteiger partial charge on any atom is -0.383 e. The van der Waals surface area contributed by atoms with Gasteiger partial charge in [0.15, 0.2) is 0 Å². The van der Waals surface area contributed by atoms with Crippen LogP contribution in [0, 0.1) is 6.92 Å². The van der Waals surface area contributed by atoms with Gasteiger partial charge in [0.2, 0.25) is 6.10 Å². The van der Waals surface area contributed by atoms with Gasteiger partial charge < -0.3 is 10.2 Å². The molecule has 0 saturated heterocycles. The molecule has 1 N–H and O–H groups in total. The Balaban J connectivity index is 1.87. The first-order chi connectivity index (χ1) is 10.5. The van der Waals surface area contributed by atoms with E-state index in [1.807, 2.05) is 55.5 Å². The Morgan fingerprint density at radius 1 is 1.27 bits per heavy atom. The van der Waals surface area contributed by atoms with Gasteiger partial charge >= 0.3 is 0 Å². The smallest absolute Gasteiger partial charge is 0.267 e.